The third kappa shape index (κ3) is 5.87. The Morgan fingerprint density at radius 1 is 1.24 bits per heavy atom. The lowest BCUT2D eigenvalue weighted by Gasteiger charge is -2.20. The van der Waals surface area contributed by atoms with Crippen molar-refractivity contribution in [3.05, 3.63) is 22.2 Å². The van der Waals surface area contributed by atoms with Gasteiger partial charge in [-0.1, -0.05) is 20.3 Å². The molecule has 0 radical (unpaired) electrons. The first-order valence-corrected chi connectivity index (χ1v) is 8.68. The Balaban J connectivity index is 3.00. The molecule has 1 rings (SSSR count). The van der Waals surface area contributed by atoms with Crippen molar-refractivity contribution in [3.8, 4) is 11.5 Å². The first kappa shape index (κ1) is 18.3. The molecule has 0 amide bonds. The van der Waals surface area contributed by atoms with Gasteiger partial charge in [0.25, 0.3) is 0 Å². The van der Waals surface area contributed by atoms with E-state index in [1.807, 2.05) is 6.92 Å². The van der Waals surface area contributed by atoms with Gasteiger partial charge in [-0.05, 0) is 66.7 Å². The van der Waals surface area contributed by atoms with Crippen LogP contribution in [0.3, 0.4) is 0 Å². The van der Waals surface area contributed by atoms with Gasteiger partial charge >= 0.3 is 0 Å². The van der Waals surface area contributed by atoms with E-state index in [-0.39, 0.29) is 12.1 Å². The predicted octanol–water partition coefficient (Wildman–Crippen LogP) is 4.70. The molecule has 0 fully saturated rings. The number of hydrogen-bond donors (Lipinski definition) is 1. The molecule has 4 heteroatoms. The zero-order chi connectivity index (χ0) is 15.8. The third-order valence-electron chi connectivity index (χ3n) is 3.41. The molecule has 0 aliphatic carbocycles. The molecule has 0 aliphatic rings. The van der Waals surface area contributed by atoms with Crippen molar-refractivity contribution in [3.63, 3.8) is 0 Å². The molecule has 1 aromatic rings. The lowest BCUT2D eigenvalue weighted by molar-refractivity contribution is 0.195. The molecule has 120 valence electrons. The summed E-state index contributed by atoms with van der Waals surface area (Å²) < 4.78 is 12.7. The van der Waals surface area contributed by atoms with Crippen molar-refractivity contribution < 1.29 is 9.47 Å². The van der Waals surface area contributed by atoms with E-state index in [9.17, 15) is 0 Å². The number of rotatable bonds is 9. The first-order valence-electron chi connectivity index (χ1n) is 7.89. The van der Waals surface area contributed by atoms with Gasteiger partial charge in [0.05, 0.1) is 17.2 Å². The maximum Gasteiger partial charge on any atom is 0.175 e. The van der Waals surface area contributed by atoms with Crippen LogP contribution in [0.5, 0.6) is 11.5 Å². The van der Waals surface area contributed by atoms with Gasteiger partial charge < -0.3 is 15.2 Å². The topological polar surface area (TPSA) is 44.5 Å². The fourth-order valence-corrected chi connectivity index (χ4v) is 2.81. The Kier molecular flexibility index (Phi) is 8.12. The molecule has 2 unspecified atom stereocenters. The lowest BCUT2D eigenvalue weighted by atomic mass is 10.0. The maximum atomic E-state index is 6.05. The Bertz CT molecular complexity index is 437. The van der Waals surface area contributed by atoms with E-state index in [1.54, 1.807) is 0 Å². The minimum Gasteiger partial charge on any atom is -0.490 e. The van der Waals surface area contributed by atoms with Gasteiger partial charge in [-0.15, -0.1) is 0 Å². The Morgan fingerprint density at radius 2 is 1.95 bits per heavy atom. The standard InChI is InChI=1S/C17H28BrNO2/c1-5-8-12(4)21-17-15(18)10-13(9-14(19)6-2)11-16(17)20-7-3/h10-12,14H,5-9,19H2,1-4H3. The van der Waals surface area contributed by atoms with Crippen molar-refractivity contribution in [2.75, 3.05) is 6.61 Å². The molecule has 1 aromatic carbocycles. The van der Waals surface area contributed by atoms with Crippen LogP contribution in [0, 0.1) is 0 Å². The second-order valence-electron chi connectivity index (χ2n) is 5.43. The zero-order valence-electron chi connectivity index (χ0n) is 13.6. The van der Waals surface area contributed by atoms with E-state index < -0.39 is 0 Å². The molecule has 2 N–H and O–H groups in total. The minimum atomic E-state index is 0.175. The molecule has 0 aliphatic heterocycles. The summed E-state index contributed by atoms with van der Waals surface area (Å²) in [5.74, 6) is 1.60. The summed E-state index contributed by atoms with van der Waals surface area (Å²) in [4.78, 5) is 0. The minimum absolute atomic E-state index is 0.175. The highest BCUT2D eigenvalue weighted by Gasteiger charge is 2.15. The van der Waals surface area contributed by atoms with Crippen molar-refractivity contribution in [2.24, 2.45) is 5.73 Å². The normalized spacial score (nSPS) is 13.8. The number of benzene rings is 1. The summed E-state index contributed by atoms with van der Waals surface area (Å²) in [6.07, 6.45) is 4.12. The largest absolute Gasteiger partial charge is 0.490 e. The summed E-state index contributed by atoms with van der Waals surface area (Å²) in [6.45, 7) is 8.96. The average molecular weight is 358 g/mol. The van der Waals surface area contributed by atoms with Gasteiger partial charge in [0.2, 0.25) is 0 Å². The third-order valence-corrected chi connectivity index (χ3v) is 3.99. The Labute approximate surface area is 137 Å². The van der Waals surface area contributed by atoms with E-state index in [2.05, 4.69) is 48.8 Å². The molecule has 0 spiro atoms. The zero-order valence-corrected chi connectivity index (χ0v) is 15.2. The van der Waals surface area contributed by atoms with Gasteiger partial charge in [0.15, 0.2) is 11.5 Å². The van der Waals surface area contributed by atoms with Crippen LogP contribution in [-0.2, 0) is 6.42 Å². The van der Waals surface area contributed by atoms with Crippen molar-refractivity contribution in [1.82, 2.24) is 0 Å². The van der Waals surface area contributed by atoms with Crippen LogP contribution in [0.4, 0.5) is 0 Å². The van der Waals surface area contributed by atoms with Crippen molar-refractivity contribution in [2.45, 2.75) is 65.5 Å². The van der Waals surface area contributed by atoms with Crippen LogP contribution in [0.2, 0.25) is 0 Å². The van der Waals surface area contributed by atoms with Gasteiger partial charge in [-0.3, -0.25) is 0 Å². The van der Waals surface area contributed by atoms with Crippen LogP contribution >= 0.6 is 15.9 Å². The first-order chi connectivity index (χ1) is 10.0. The fourth-order valence-electron chi connectivity index (χ4n) is 2.23. The molecule has 2 atom stereocenters. The van der Waals surface area contributed by atoms with Crippen molar-refractivity contribution in [1.29, 1.82) is 0 Å². The number of ether oxygens (including phenoxy) is 2. The SMILES string of the molecule is CCCC(C)Oc1c(Br)cc(CC(N)CC)cc1OCC. The van der Waals surface area contributed by atoms with Crippen LogP contribution in [0.25, 0.3) is 0 Å². The van der Waals surface area contributed by atoms with E-state index in [1.165, 1.54) is 5.56 Å². The summed E-state index contributed by atoms with van der Waals surface area (Å²) >= 11 is 3.61. The van der Waals surface area contributed by atoms with Gasteiger partial charge in [-0.2, -0.15) is 0 Å². The van der Waals surface area contributed by atoms with Crippen LogP contribution in [-0.4, -0.2) is 18.8 Å². The summed E-state index contributed by atoms with van der Waals surface area (Å²) in [5.41, 5.74) is 7.23. The molecule has 3 nitrogen and oxygen atoms in total. The molecule has 21 heavy (non-hydrogen) atoms. The molecular formula is C17H28BrNO2. The predicted molar refractivity (Wildman–Crippen MR) is 92.3 cm³/mol. The maximum absolute atomic E-state index is 6.05. The number of nitrogens with two attached hydrogens (primary N) is 1. The fraction of sp³-hybridized carbons (Fsp3) is 0.647. The molecular weight excluding hydrogens is 330 g/mol. The van der Waals surface area contributed by atoms with Crippen LogP contribution < -0.4 is 15.2 Å². The van der Waals surface area contributed by atoms with Crippen LogP contribution in [0.1, 0.15) is 52.5 Å². The van der Waals surface area contributed by atoms with Gasteiger partial charge in [0.1, 0.15) is 0 Å². The molecule has 0 saturated heterocycles. The molecule has 0 heterocycles. The lowest BCUT2D eigenvalue weighted by Crippen LogP contribution is -2.21. The van der Waals surface area contributed by atoms with E-state index in [4.69, 9.17) is 15.2 Å². The molecule has 0 bridgehead atoms. The average Bonchev–Trinajstić information content (AvgIpc) is 2.43. The molecule has 0 aromatic heterocycles. The molecule has 0 saturated carbocycles. The highest BCUT2D eigenvalue weighted by Crippen LogP contribution is 2.38. The second kappa shape index (κ2) is 9.31. The van der Waals surface area contributed by atoms with Gasteiger partial charge in [0, 0.05) is 6.04 Å². The summed E-state index contributed by atoms with van der Waals surface area (Å²) in [6, 6.07) is 4.32. The van der Waals surface area contributed by atoms with Gasteiger partial charge in [-0.25, -0.2) is 0 Å². The quantitative estimate of drug-likeness (QED) is 0.696. The van der Waals surface area contributed by atoms with E-state index in [0.29, 0.717) is 6.61 Å². The summed E-state index contributed by atoms with van der Waals surface area (Å²) in [5, 5.41) is 0. The highest BCUT2D eigenvalue weighted by atomic mass is 79.9. The smallest absolute Gasteiger partial charge is 0.175 e. The van der Waals surface area contributed by atoms with E-state index >= 15 is 0 Å². The Morgan fingerprint density at radius 3 is 2.52 bits per heavy atom. The number of hydrogen-bond acceptors (Lipinski definition) is 3. The van der Waals surface area contributed by atoms with E-state index in [0.717, 1.165) is 41.7 Å². The number of halogens is 1. The second-order valence-corrected chi connectivity index (χ2v) is 6.28. The highest BCUT2D eigenvalue weighted by molar-refractivity contribution is 9.10. The summed E-state index contributed by atoms with van der Waals surface area (Å²) in [7, 11) is 0. The Hall–Kier alpha value is -0.740. The van der Waals surface area contributed by atoms with Crippen molar-refractivity contribution >= 4 is 15.9 Å². The monoisotopic (exact) mass is 357 g/mol. The van der Waals surface area contributed by atoms with Crippen LogP contribution in [0.15, 0.2) is 16.6 Å².